The Morgan fingerprint density at radius 1 is 1.04 bits per heavy atom. The lowest BCUT2D eigenvalue weighted by Crippen LogP contribution is -2.52. The highest BCUT2D eigenvalue weighted by Gasteiger charge is 2.29. The van der Waals surface area contributed by atoms with Crippen molar-refractivity contribution in [3.63, 3.8) is 0 Å². The lowest BCUT2D eigenvalue weighted by Gasteiger charge is -2.36. The number of nitrogens with one attached hydrogen (secondary N) is 2. The molecule has 4 heteroatoms. The molecule has 126 valence electrons. The van der Waals surface area contributed by atoms with E-state index in [9.17, 15) is 4.79 Å². The van der Waals surface area contributed by atoms with E-state index < -0.39 is 0 Å². The second-order valence-electron chi connectivity index (χ2n) is 6.33. The van der Waals surface area contributed by atoms with Crippen LogP contribution >= 0.6 is 0 Å². The van der Waals surface area contributed by atoms with Gasteiger partial charge in [0.1, 0.15) is 5.75 Å². The van der Waals surface area contributed by atoms with Gasteiger partial charge in [-0.05, 0) is 36.1 Å². The molecule has 0 spiro atoms. The van der Waals surface area contributed by atoms with Gasteiger partial charge in [-0.3, -0.25) is 4.79 Å². The molecule has 2 N–H and O–H groups in total. The van der Waals surface area contributed by atoms with Crippen LogP contribution in [0.1, 0.15) is 24.0 Å². The van der Waals surface area contributed by atoms with Gasteiger partial charge < -0.3 is 15.4 Å². The minimum Gasteiger partial charge on any atom is -0.497 e. The van der Waals surface area contributed by atoms with E-state index >= 15 is 0 Å². The van der Waals surface area contributed by atoms with Crippen molar-refractivity contribution in [1.29, 1.82) is 0 Å². The number of rotatable bonds is 7. The van der Waals surface area contributed by atoms with E-state index in [2.05, 4.69) is 16.7 Å². The average Bonchev–Trinajstić information content (AvgIpc) is 2.58. The fourth-order valence-electron chi connectivity index (χ4n) is 3.01. The van der Waals surface area contributed by atoms with Crippen LogP contribution in [0, 0.1) is 0 Å². The van der Waals surface area contributed by atoms with Gasteiger partial charge in [0.15, 0.2) is 0 Å². The molecule has 0 saturated heterocycles. The Balaban J connectivity index is 1.36. The molecule has 0 aromatic heterocycles. The number of hydrogen-bond acceptors (Lipinski definition) is 3. The maximum Gasteiger partial charge on any atom is 0.224 e. The molecule has 0 bridgehead atoms. The van der Waals surface area contributed by atoms with Gasteiger partial charge in [0.2, 0.25) is 5.91 Å². The molecule has 1 aliphatic carbocycles. The first-order chi connectivity index (χ1) is 11.7. The zero-order chi connectivity index (χ0) is 16.8. The maximum absolute atomic E-state index is 12.0. The van der Waals surface area contributed by atoms with Crippen LogP contribution in [-0.2, 0) is 17.8 Å². The molecule has 3 rings (SSSR count). The van der Waals surface area contributed by atoms with Gasteiger partial charge in [-0.15, -0.1) is 0 Å². The molecular weight excluding hydrogens is 300 g/mol. The van der Waals surface area contributed by atoms with Crippen molar-refractivity contribution in [2.24, 2.45) is 0 Å². The molecule has 0 radical (unpaired) electrons. The Morgan fingerprint density at radius 2 is 1.79 bits per heavy atom. The molecule has 24 heavy (non-hydrogen) atoms. The summed E-state index contributed by atoms with van der Waals surface area (Å²) >= 11 is 0. The Kier molecular flexibility index (Phi) is 5.49. The zero-order valence-electron chi connectivity index (χ0n) is 14.0. The summed E-state index contributed by atoms with van der Waals surface area (Å²) in [6, 6.07) is 18.7. The number of benzene rings is 2. The summed E-state index contributed by atoms with van der Waals surface area (Å²) in [5.41, 5.74) is 2.27. The third-order valence-corrected chi connectivity index (χ3v) is 4.44. The number of methoxy groups -OCH3 is 1. The van der Waals surface area contributed by atoms with Crippen molar-refractivity contribution in [2.75, 3.05) is 7.11 Å². The third-order valence-electron chi connectivity index (χ3n) is 4.44. The molecule has 0 atom stereocenters. The van der Waals surface area contributed by atoms with Crippen LogP contribution in [0.3, 0.4) is 0 Å². The third kappa shape index (κ3) is 4.59. The van der Waals surface area contributed by atoms with E-state index in [1.54, 1.807) is 7.11 Å². The molecule has 1 saturated carbocycles. The highest BCUT2D eigenvalue weighted by molar-refractivity contribution is 5.78. The number of carbonyl (C=O) groups is 1. The van der Waals surface area contributed by atoms with Crippen molar-refractivity contribution in [3.05, 3.63) is 65.7 Å². The predicted molar refractivity (Wildman–Crippen MR) is 94.9 cm³/mol. The summed E-state index contributed by atoms with van der Waals surface area (Å²) in [5, 5.41) is 6.65. The van der Waals surface area contributed by atoms with Gasteiger partial charge in [0.25, 0.3) is 0 Å². The monoisotopic (exact) mass is 324 g/mol. The normalized spacial score (nSPS) is 19.4. The summed E-state index contributed by atoms with van der Waals surface area (Å²) in [4.78, 5) is 12.0. The first-order valence-corrected chi connectivity index (χ1v) is 8.42. The molecule has 0 unspecified atom stereocenters. The van der Waals surface area contributed by atoms with E-state index in [0.717, 1.165) is 30.7 Å². The fourth-order valence-corrected chi connectivity index (χ4v) is 3.01. The maximum atomic E-state index is 12.0. The smallest absolute Gasteiger partial charge is 0.224 e. The summed E-state index contributed by atoms with van der Waals surface area (Å²) < 4.78 is 5.24. The van der Waals surface area contributed by atoms with Crippen LogP contribution in [0.25, 0.3) is 0 Å². The standard InChI is InChI=1S/C20H24N2O2/c1-24-19-9-5-8-16(10-19)14-21-17-12-18(13-17)22-20(23)11-15-6-3-2-4-7-15/h2-10,17-18,21H,11-14H2,1H3,(H,22,23)/t17-,18-. The Hall–Kier alpha value is -2.33. The van der Waals surface area contributed by atoms with Gasteiger partial charge in [0, 0.05) is 18.6 Å². The van der Waals surface area contributed by atoms with Gasteiger partial charge >= 0.3 is 0 Å². The Bertz CT molecular complexity index is 666. The SMILES string of the molecule is COc1cccc(CN[C@H]2C[C@H](NC(=O)Cc3ccccc3)C2)c1. The van der Waals surface area contributed by atoms with Gasteiger partial charge in [-0.1, -0.05) is 42.5 Å². The van der Waals surface area contributed by atoms with E-state index in [-0.39, 0.29) is 5.91 Å². The van der Waals surface area contributed by atoms with Crippen molar-refractivity contribution in [1.82, 2.24) is 10.6 Å². The number of ether oxygens (including phenoxy) is 1. The highest BCUT2D eigenvalue weighted by atomic mass is 16.5. The molecule has 4 nitrogen and oxygen atoms in total. The first-order valence-electron chi connectivity index (χ1n) is 8.42. The van der Waals surface area contributed by atoms with Gasteiger partial charge in [0.05, 0.1) is 13.5 Å². The minimum atomic E-state index is 0.109. The van der Waals surface area contributed by atoms with E-state index in [1.807, 2.05) is 48.5 Å². The lowest BCUT2D eigenvalue weighted by molar-refractivity contribution is -0.121. The second-order valence-corrected chi connectivity index (χ2v) is 6.33. The molecule has 1 aliphatic rings. The average molecular weight is 324 g/mol. The van der Waals surface area contributed by atoms with E-state index in [1.165, 1.54) is 5.56 Å². The van der Waals surface area contributed by atoms with Gasteiger partial charge in [-0.25, -0.2) is 0 Å². The molecule has 1 fully saturated rings. The van der Waals surface area contributed by atoms with Gasteiger partial charge in [-0.2, -0.15) is 0 Å². The lowest BCUT2D eigenvalue weighted by atomic mass is 9.86. The second kappa shape index (κ2) is 7.97. The number of hydrogen-bond donors (Lipinski definition) is 2. The van der Waals surface area contributed by atoms with E-state index in [4.69, 9.17) is 4.74 Å². The number of carbonyl (C=O) groups excluding carboxylic acids is 1. The zero-order valence-corrected chi connectivity index (χ0v) is 14.0. The summed E-state index contributed by atoms with van der Waals surface area (Å²) in [6.45, 7) is 0.826. The van der Waals surface area contributed by atoms with Crippen LogP contribution in [0.15, 0.2) is 54.6 Å². The quantitative estimate of drug-likeness (QED) is 0.823. The molecular formula is C20H24N2O2. The van der Waals surface area contributed by atoms with Crippen molar-refractivity contribution in [2.45, 2.75) is 37.9 Å². The van der Waals surface area contributed by atoms with Crippen LogP contribution in [0.5, 0.6) is 5.75 Å². The molecule has 1 amide bonds. The molecule has 0 heterocycles. The van der Waals surface area contributed by atoms with Crippen molar-refractivity contribution >= 4 is 5.91 Å². The molecule has 2 aromatic carbocycles. The Morgan fingerprint density at radius 3 is 2.54 bits per heavy atom. The largest absolute Gasteiger partial charge is 0.497 e. The van der Waals surface area contributed by atoms with Crippen LogP contribution < -0.4 is 15.4 Å². The summed E-state index contributed by atoms with van der Waals surface area (Å²) in [7, 11) is 1.68. The first kappa shape index (κ1) is 16.5. The summed E-state index contributed by atoms with van der Waals surface area (Å²) in [6.07, 6.45) is 2.44. The van der Waals surface area contributed by atoms with Crippen LogP contribution in [-0.4, -0.2) is 25.1 Å². The number of amides is 1. The van der Waals surface area contributed by atoms with Crippen LogP contribution in [0.4, 0.5) is 0 Å². The summed E-state index contributed by atoms with van der Waals surface area (Å²) in [5.74, 6) is 0.992. The fraction of sp³-hybridized carbons (Fsp3) is 0.350. The minimum absolute atomic E-state index is 0.109. The highest BCUT2D eigenvalue weighted by Crippen LogP contribution is 2.21. The van der Waals surface area contributed by atoms with Crippen molar-refractivity contribution in [3.8, 4) is 5.75 Å². The topological polar surface area (TPSA) is 50.4 Å². The molecule has 2 aromatic rings. The van der Waals surface area contributed by atoms with Crippen LogP contribution in [0.2, 0.25) is 0 Å². The van der Waals surface area contributed by atoms with Crippen molar-refractivity contribution < 1.29 is 9.53 Å². The molecule has 0 aliphatic heterocycles. The van der Waals surface area contributed by atoms with E-state index in [0.29, 0.717) is 18.5 Å². The predicted octanol–water partition coefficient (Wildman–Crippen LogP) is 2.67. The Labute approximate surface area is 143 Å².